The van der Waals surface area contributed by atoms with Crippen LogP contribution in [0.1, 0.15) is 25.0 Å². The van der Waals surface area contributed by atoms with Gasteiger partial charge in [0.1, 0.15) is 5.75 Å². The number of para-hydroxylation sites is 1. The SMILES string of the molecule is CC(C)(OC(=O)[C@@]1(Cc2ccccc2)C(=O)Oc2ccccc21)C(Cl)(Cl)Cl. The predicted molar refractivity (Wildman–Crippen MR) is 104 cm³/mol. The normalized spacial score (nSPS) is 19.4. The van der Waals surface area contributed by atoms with Crippen molar-refractivity contribution in [2.45, 2.75) is 35.1 Å². The molecule has 0 aromatic heterocycles. The summed E-state index contributed by atoms with van der Waals surface area (Å²) in [4.78, 5) is 26.2. The van der Waals surface area contributed by atoms with Crippen LogP contribution < -0.4 is 4.74 Å². The molecule has 0 radical (unpaired) electrons. The zero-order chi connectivity index (χ0) is 19.9. The van der Waals surface area contributed by atoms with Crippen LogP contribution in [-0.4, -0.2) is 21.3 Å². The highest BCUT2D eigenvalue weighted by Gasteiger charge is 2.59. The number of esters is 2. The number of benzene rings is 2. The highest BCUT2D eigenvalue weighted by Crippen LogP contribution is 2.46. The van der Waals surface area contributed by atoms with Gasteiger partial charge in [0.05, 0.1) is 0 Å². The van der Waals surface area contributed by atoms with E-state index in [4.69, 9.17) is 44.3 Å². The summed E-state index contributed by atoms with van der Waals surface area (Å²) >= 11 is 17.9. The molecule has 1 aliphatic rings. The highest BCUT2D eigenvalue weighted by atomic mass is 35.6. The molecular formula is C20H17Cl3O4. The van der Waals surface area contributed by atoms with E-state index in [1.807, 2.05) is 30.3 Å². The molecule has 3 rings (SSSR count). The van der Waals surface area contributed by atoms with Crippen LogP contribution in [0.3, 0.4) is 0 Å². The van der Waals surface area contributed by atoms with Crippen LogP contribution in [0.25, 0.3) is 0 Å². The fourth-order valence-electron chi connectivity index (χ4n) is 2.92. The first-order chi connectivity index (χ1) is 12.6. The van der Waals surface area contributed by atoms with E-state index in [2.05, 4.69) is 0 Å². The van der Waals surface area contributed by atoms with Gasteiger partial charge in [-0.1, -0.05) is 83.3 Å². The fourth-order valence-corrected chi connectivity index (χ4v) is 3.03. The predicted octanol–water partition coefficient (Wildman–Crippen LogP) is 4.78. The van der Waals surface area contributed by atoms with Crippen molar-refractivity contribution in [3.63, 3.8) is 0 Å². The maximum absolute atomic E-state index is 13.3. The van der Waals surface area contributed by atoms with Crippen LogP contribution in [-0.2, 0) is 26.2 Å². The first kappa shape index (κ1) is 20.0. The van der Waals surface area contributed by atoms with E-state index in [0.717, 1.165) is 5.56 Å². The quantitative estimate of drug-likeness (QED) is 0.305. The molecule has 7 heteroatoms. The third-order valence-electron chi connectivity index (χ3n) is 4.59. The monoisotopic (exact) mass is 426 g/mol. The Bertz CT molecular complexity index is 874. The van der Waals surface area contributed by atoms with E-state index >= 15 is 0 Å². The second-order valence-electron chi connectivity index (χ2n) is 6.85. The largest absolute Gasteiger partial charge is 0.454 e. The average Bonchev–Trinajstić information content (AvgIpc) is 2.87. The third-order valence-corrected chi connectivity index (χ3v) is 5.95. The molecule has 142 valence electrons. The minimum absolute atomic E-state index is 0.0679. The van der Waals surface area contributed by atoms with Crippen molar-refractivity contribution in [2.24, 2.45) is 0 Å². The standard InChI is InChI=1S/C20H17Cl3O4/c1-18(2,20(21,22)23)27-17(25)19(12-13-8-4-3-5-9-13)14-10-6-7-11-15(14)26-16(19)24/h3-11H,12H2,1-2H3/t19-/m1/s1. The molecular weight excluding hydrogens is 411 g/mol. The van der Waals surface area contributed by atoms with E-state index in [9.17, 15) is 9.59 Å². The first-order valence-corrected chi connectivity index (χ1v) is 9.37. The summed E-state index contributed by atoms with van der Waals surface area (Å²) in [5.74, 6) is -1.21. The molecule has 2 aromatic carbocycles. The lowest BCUT2D eigenvalue weighted by atomic mass is 9.76. The Morgan fingerprint density at radius 2 is 1.63 bits per heavy atom. The second kappa shape index (κ2) is 7.01. The number of alkyl halides is 3. The topological polar surface area (TPSA) is 52.6 Å². The van der Waals surface area contributed by atoms with Gasteiger partial charge in [-0.25, -0.2) is 0 Å². The van der Waals surface area contributed by atoms with Crippen LogP contribution in [0.2, 0.25) is 0 Å². The van der Waals surface area contributed by atoms with E-state index in [1.165, 1.54) is 13.8 Å². The summed E-state index contributed by atoms with van der Waals surface area (Å²) in [7, 11) is 0. The number of carbonyl (C=O) groups is 2. The van der Waals surface area contributed by atoms with E-state index in [0.29, 0.717) is 11.3 Å². The van der Waals surface area contributed by atoms with Gasteiger partial charge in [-0.15, -0.1) is 0 Å². The van der Waals surface area contributed by atoms with E-state index < -0.39 is 26.7 Å². The van der Waals surface area contributed by atoms with Crippen molar-refractivity contribution < 1.29 is 19.1 Å². The summed E-state index contributed by atoms with van der Waals surface area (Å²) in [6.07, 6.45) is 0.0679. The maximum Gasteiger partial charge on any atom is 0.333 e. The number of halogens is 3. The Morgan fingerprint density at radius 3 is 2.26 bits per heavy atom. The molecule has 2 aromatic rings. The molecule has 0 unspecified atom stereocenters. The Balaban J connectivity index is 2.09. The molecule has 0 N–H and O–H groups in total. The van der Waals surface area contributed by atoms with E-state index in [1.54, 1.807) is 24.3 Å². The number of hydrogen-bond donors (Lipinski definition) is 0. The molecule has 0 bridgehead atoms. The van der Waals surface area contributed by atoms with Crippen molar-refractivity contribution in [1.29, 1.82) is 0 Å². The molecule has 27 heavy (non-hydrogen) atoms. The Labute approximate surface area is 172 Å². The van der Waals surface area contributed by atoms with Gasteiger partial charge in [0, 0.05) is 12.0 Å². The molecule has 0 aliphatic carbocycles. The number of ether oxygens (including phenoxy) is 2. The number of rotatable bonds is 4. The van der Waals surface area contributed by atoms with Gasteiger partial charge in [-0.2, -0.15) is 0 Å². The minimum Gasteiger partial charge on any atom is -0.454 e. The van der Waals surface area contributed by atoms with Gasteiger partial charge in [-0.05, 0) is 25.5 Å². The number of carbonyl (C=O) groups excluding carboxylic acids is 2. The van der Waals surface area contributed by atoms with Gasteiger partial charge >= 0.3 is 11.9 Å². The molecule has 1 heterocycles. The Morgan fingerprint density at radius 1 is 1.04 bits per heavy atom. The molecule has 0 spiro atoms. The highest BCUT2D eigenvalue weighted by molar-refractivity contribution is 6.68. The fraction of sp³-hybridized carbons (Fsp3) is 0.300. The summed E-state index contributed by atoms with van der Waals surface area (Å²) < 4.78 is 9.05. The van der Waals surface area contributed by atoms with Crippen LogP contribution >= 0.6 is 34.8 Å². The van der Waals surface area contributed by atoms with Crippen LogP contribution in [0.4, 0.5) is 0 Å². The van der Waals surface area contributed by atoms with Crippen LogP contribution in [0.5, 0.6) is 5.75 Å². The Kier molecular flexibility index (Phi) is 5.19. The van der Waals surface area contributed by atoms with E-state index in [-0.39, 0.29) is 6.42 Å². The maximum atomic E-state index is 13.3. The van der Waals surface area contributed by atoms with Crippen molar-refractivity contribution in [1.82, 2.24) is 0 Å². The molecule has 1 aliphatic heterocycles. The van der Waals surface area contributed by atoms with Gasteiger partial charge in [0.25, 0.3) is 0 Å². The number of hydrogen-bond acceptors (Lipinski definition) is 4. The van der Waals surface area contributed by atoms with Gasteiger partial charge in [0.2, 0.25) is 3.79 Å². The molecule has 4 nitrogen and oxygen atoms in total. The zero-order valence-corrected chi connectivity index (χ0v) is 16.9. The van der Waals surface area contributed by atoms with Crippen molar-refractivity contribution >= 4 is 46.7 Å². The van der Waals surface area contributed by atoms with Crippen LogP contribution in [0, 0.1) is 0 Å². The van der Waals surface area contributed by atoms with Crippen LogP contribution in [0.15, 0.2) is 54.6 Å². The molecule has 0 amide bonds. The lowest BCUT2D eigenvalue weighted by Crippen LogP contribution is -2.51. The second-order valence-corrected chi connectivity index (χ2v) is 9.13. The zero-order valence-electron chi connectivity index (χ0n) is 14.7. The summed E-state index contributed by atoms with van der Waals surface area (Å²) in [6, 6.07) is 15.9. The van der Waals surface area contributed by atoms with Gasteiger partial charge in [0.15, 0.2) is 11.0 Å². The van der Waals surface area contributed by atoms with Crippen molar-refractivity contribution in [3.8, 4) is 5.75 Å². The first-order valence-electron chi connectivity index (χ1n) is 8.24. The summed E-state index contributed by atoms with van der Waals surface area (Å²) in [5, 5.41) is 0. The molecule has 1 atom stereocenters. The smallest absolute Gasteiger partial charge is 0.333 e. The average molecular weight is 428 g/mol. The van der Waals surface area contributed by atoms with Gasteiger partial charge in [-0.3, -0.25) is 9.59 Å². The van der Waals surface area contributed by atoms with Crippen molar-refractivity contribution in [2.75, 3.05) is 0 Å². The lowest BCUT2D eigenvalue weighted by molar-refractivity contribution is -0.168. The summed E-state index contributed by atoms with van der Waals surface area (Å²) in [5.41, 5.74) is -1.93. The summed E-state index contributed by atoms with van der Waals surface area (Å²) in [6.45, 7) is 2.95. The molecule has 0 fully saturated rings. The Hall–Kier alpha value is -1.75. The van der Waals surface area contributed by atoms with Crippen molar-refractivity contribution in [3.05, 3.63) is 65.7 Å². The third kappa shape index (κ3) is 3.54. The van der Waals surface area contributed by atoms with Gasteiger partial charge < -0.3 is 9.47 Å². The molecule has 0 saturated carbocycles. The molecule has 0 saturated heterocycles. The minimum atomic E-state index is -1.88. The number of fused-ring (bicyclic) bond motifs is 1. The lowest BCUT2D eigenvalue weighted by Gasteiger charge is -2.35.